The van der Waals surface area contributed by atoms with E-state index >= 15 is 0 Å². The molecule has 1 aromatic rings. The number of pyridine rings is 1. The van der Waals surface area contributed by atoms with Gasteiger partial charge < -0.3 is 5.32 Å². The van der Waals surface area contributed by atoms with Crippen LogP contribution in [0.3, 0.4) is 0 Å². The van der Waals surface area contributed by atoms with Crippen molar-refractivity contribution in [2.45, 2.75) is 10.7 Å². The minimum absolute atomic E-state index is 0.354. The molecule has 0 saturated heterocycles. The summed E-state index contributed by atoms with van der Waals surface area (Å²) in [5.74, 6) is -0.370. The second kappa shape index (κ2) is 4.34. The Morgan fingerprint density at radius 2 is 2.07 bits per heavy atom. The molecule has 1 aromatic heterocycles. The maximum Gasteiger partial charge on any atom is 0.277 e. The number of anilines is 1. The van der Waals surface area contributed by atoms with Gasteiger partial charge in [0.15, 0.2) is 0 Å². The van der Waals surface area contributed by atoms with Crippen molar-refractivity contribution in [1.82, 2.24) is 4.98 Å². The van der Waals surface area contributed by atoms with E-state index in [1.165, 1.54) is 0 Å². The Bertz CT molecular complexity index is 331. The summed E-state index contributed by atoms with van der Waals surface area (Å²) >= 11 is 16.1. The van der Waals surface area contributed by atoms with Crippen LogP contribution >= 0.6 is 34.8 Å². The molecule has 76 valence electrons. The summed E-state index contributed by atoms with van der Waals surface area (Å²) in [4.78, 5) is 15.1. The van der Waals surface area contributed by atoms with Gasteiger partial charge in [-0.1, -0.05) is 40.9 Å². The molecule has 1 rings (SSSR count). The van der Waals surface area contributed by atoms with Gasteiger partial charge in [-0.2, -0.15) is 0 Å². The SMILES string of the molecule is Cc1ccc(NC(=O)C(Cl)(Cl)Cl)nc1. The smallest absolute Gasteiger partial charge is 0.277 e. The number of nitrogens with one attached hydrogen (secondary N) is 1. The van der Waals surface area contributed by atoms with Gasteiger partial charge in [-0.3, -0.25) is 4.79 Å². The topological polar surface area (TPSA) is 42.0 Å². The third-order valence-corrected chi connectivity index (χ3v) is 1.93. The maximum atomic E-state index is 11.2. The molecule has 0 fully saturated rings. The van der Waals surface area contributed by atoms with Crippen molar-refractivity contribution in [3.63, 3.8) is 0 Å². The molecule has 1 heterocycles. The van der Waals surface area contributed by atoms with Crippen LogP contribution in [0, 0.1) is 6.92 Å². The molecule has 0 aromatic carbocycles. The number of halogens is 3. The van der Waals surface area contributed by atoms with E-state index in [9.17, 15) is 4.79 Å². The van der Waals surface area contributed by atoms with Crippen LogP contribution in [0.1, 0.15) is 5.56 Å². The molecule has 0 unspecified atom stereocenters. The van der Waals surface area contributed by atoms with Gasteiger partial charge in [0.25, 0.3) is 9.70 Å². The molecule has 1 N–H and O–H groups in total. The van der Waals surface area contributed by atoms with Gasteiger partial charge in [0.2, 0.25) is 0 Å². The lowest BCUT2D eigenvalue weighted by atomic mass is 10.3. The molecule has 1 amide bonds. The van der Waals surface area contributed by atoms with E-state index < -0.39 is 9.70 Å². The second-order valence-corrected chi connectivity index (χ2v) is 4.95. The van der Waals surface area contributed by atoms with Crippen molar-refractivity contribution >= 4 is 46.5 Å². The van der Waals surface area contributed by atoms with Crippen molar-refractivity contribution in [3.05, 3.63) is 23.9 Å². The van der Waals surface area contributed by atoms with Crippen molar-refractivity contribution in [1.29, 1.82) is 0 Å². The van der Waals surface area contributed by atoms with Crippen LogP contribution in [-0.2, 0) is 4.79 Å². The number of hydrogen-bond acceptors (Lipinski definition) is 2. The van der Waals surface area contributed by atoms with Gasteiger partial charge in [0.05, 0.1) is 0 Å². The lowest BCUT2D eigenvalue weighted by Gasteiger charge is -2.10. The van der Waals surface area contributed by atoms with Crippen molar-refractivity contribution in [2.24, 2.45) is 0 Å². The molecule has 0 spiro atoms. The summed E-state index contributed by atoms with van der Waals surface area (Å²) < 4.78 is -1.97. The summed E-state index contributed by atoms with van der Waals surface area (Å²) in [6.07, 6.45) is 1.61. The first-order valence-corrected chi connectivity index (χ1v) is 4.84. The van der Waals surface area contributed by atoms with Crippen molar-refractivity contribution in [2.75, 3.05) is 5.32 Å². The highest BCUT2D eigenvalue weighted by atomic mass is 35.6. The lowest BCUT2D eigenvalue weighted by Crippen LogP contribution is -2.27. The minimum atomic E-state index is -1.97. The molecule has 0 aliphatic heterocycles. The number of alkyl halides is 3. The van der Waals surface area contributed by atoms with Crippen LogP contribution in [0.15, 0.2) is 18.3 Å². The van der Waals surface area contributed by atoms with Crippen molar-refractivity contribution < 1.29 is 4.79 Å². The van der Waals surface area contributed by atoms with Gasteiger partial charge in [0, 0.05) is 6.20 Å². The molecule has 0 aliphatic carbocycles. The van der Waals surface area contributed by atoms with Gasteiger partial charge in [-0.25, -0.2) is 4.98 Å². The fourth-order valence-corrected chi connectivity index (χ4v) is 0.871. The monoisotopic (exact) mass is 252 g/mol. The van der Waals surface area contributed by atoms with E-state index in [1.807, 2.05) is 6.92 Å². The second-order valence-electron chi connectivity index (χ2n) is 2.67. The average Bonchev–Trinajstić information content (AvgIpc) is 2.07. The Morgan fingerprint density at radius 1 is 1.43 bits per heavy atom. The number of carbonyl (C=O) groups is 1. The van der Waals surface area contributed by atoms with E-state index in [0.29, 0.717) is 5.82 Å². The van der Waals surface area contributed by atoms with Crippen LogP contribution in [0.2, 0.25) is 0 Å². The molecule has 0 atom stereocenters. The summed E-state index contributed by atoms with van der Waals surface area (Å²) in [5, 5.41) is 2.36. The fraction of sp³-hybridized carbons (Fsp3) is 0.250. The maximum absolute atomic E-state index is 11.2. The van der Waals surface area contributed by atoms with Crippen molar-refractivity contribution in [3.8, 4) is 0 Å². The van der Waals surface area contributed by atoms with Gasteiger partial charge in [-0.15, -0.1) is 0 Å². The van der Waals surface area contributed by atoms with Crippen LogP contribution < -0.4 is 5.32 Å². The Balaban J connectivity index is 2.71. The molecule has 0 radical (unpaired) electrons. The third kappa shape index (κ3) is 3.33. The summed E-state index contributed by atoms with van der Waals surface area (Å²) in [7, 11) is 0. The number of carbonyl (C=O) groups excluding carboxylic acids is 1. The highest BCUT2D eigenvalue weighted by Gasteiger charge is 2.30. The summed E-state index contributed by atoms with van der Waals surface area (Å²) in [6.45, 7) is 1.88. The molecule has 14 heavy (non-hydrogen) atoms. The van der Waals surface area contributed by atoms with E-state index in [4.69, 9.17) is 34.8 Å². The van der Waals surface area contributed by atoms with E-state index in [-0.39, 0.29) is 0 Å². The quantitative estimate of drug-likeness (QED) is 0.782. The number of aromatic nitrogens is 1. The molecule has 0 bridgehead atoms. The number of aryl methyl sites for hydroxylation is 1. The first-order valence-electron chi connectivity index (χ1n) is 3.70. The molecular formula is C8H7Cl3N2O. The first-order chi connectivity index (χ1) is 6.39. The standard InChI is InChI=1S/C8H7Cl3N2O/c1-5-2-3-6(12-4-5)13-7(14)8(9,10)11/h2-4H,1H3,(H,12,13,14). The predicted molar refractivity (Wildman–Crippen MR) is 57.9 cm³/mol. The van der Waals surface area contributed by atoms with E-state index in [2.05, 4.69) is 10.3 Å². The highest BCUT2D eigenvalue weighted by molar-refractivity contribution is 6.76. The summed E-state index contributed by atoms with van der Waals surface area (Å²) in [5.41, 5.74) is 0.983. The Hall–Kier alpha value is -0.510. The average molecular weight is 254 g/mol. The zero-order valence-electron chi connectivity index (χ0n) is 7.22. The highest BCUT2D eigenvalue weighted by Crippen LogP contribution is 2.27. The van der Waals surface area contributed by atoms with Crippen LogP contribution in [0.25, 0.3) is 0 Å². The summed E-state index contributed by atoms with van der Waals surface area (Å²) in [6, 6.07) is 3.42. The molecule has 6 heteroatoms. The zero-order valence-corrected chi connectivity index (χ0v) is 9.49. The normalized spacial score (nSPS) is 11.1. The van der Waals surface area contributed by atoms with E-state index in [1.54, 1.807) is 18.3 Å². The van der Waals surface area contributed by atoms with Gasteiger partial charge >= 0.3 is 0 Å². The molecular weight excluding hydrogens is 246 g/mol. The molecule has 0 aliphatic rings. The lowest BCUT2D eigenvalue weighted by molar-refractivity contribution is -0.115. The number of amides is 1. The third-order valence-electron chi connectivity index (χ3n) is 1.41. The van der Waals surface area contributed by atoms with Gasteiger partial charge in [-0.05, 0) is 18.6 Å². The predicted octanol–water partition coefficient (Wildman–Crippen LogP) is 2.70. The molecule has 3 nitrogen and oxygen atoms in total. The van der Waals surface area contributed by atoms with Gasteiger partial charge in [0.1, 0.15) is 5.82 Å². The Morgan fingerprint density at radius 3 is 2.50 bits per heavy atom. The van der Waals surface area contributed by atoms with E-state index in [0.717, 1.165) is 5.56 Å². The number of rotatable bonds is 1. The number of hydrogen-bond donors (Lipinski definition) is 1. The fourth-order valence-electron chi connectivity index (χ4n) is 0.729. The van der Waals surface area contributed by atoms with Crippen LogP contribution in [-0.4, -0.2) is 14.7 Å². The Labute approximate surface area is 96.4 Å². The van der Waals surface area contributed by atoms with Crippen LogP contribution in [0.4, 0.5) is 5.82 Å². The number of nitrogens with zero attached hydrogens (tertiary/aromatic N) is 1. The minimum Gasteiger partial charge on any atom is -0.307 e. The largest absolute Gasteiger partial charge is 0.307 e. The van der Waals surface area contributed by atoms with Crippen LogP contribution in [0.5, 0.6) is 0 Å². The Kier molecular flexibility index (Phi) is 3.59. The molecule has 0 saturated carbocycles. The zero-order chi connectivity index (χ0) is 10.8. The first kappa shape index (κ1) is 11.6.